The van der Waals surface area contributed by atoms with Gasteiger partial charge in [0.2, 0.25) is 11.7 Å². The maximum absolute atomic E-state index is 10.8. The first kappa shape index (κ1) is 17.4. The normalized spacial score (nSPS) is 11.8. The molecule has 8 nitrogen and oxygen atoms in total. The van der Waals surface area contributed by atoms with Crippen molar-refractivity contribution in [1.29, 1.82) is 0 Å². The Kier molecular flexibility index (Phi) is 4.83. The third-order valence-corrected chi connectivity index (χ3v) is 4.06. The molecule has 1 aromatic heterocycles. The molecule has 8 heteroatoms. The highest BCUT2D eigenvalue weighted by Gasteiger charge is 2.19. The number of nitrogens with zero attached hydrogens (tertiary/aromatic N) is 3. The summed E-state index contributed by atoms with van der Waals surface area (Å²) in [6.45, 7) is 1.90. The van der Waals surface area contributed by atoms with Crippen molar-refractivity contribution in [2.24, 2.45) is 0 Å². The fourth-order valence-corrected chi connectivity index (χ4v) is 2.53. The van der Waals surface area contributed by atoms with Gasteiger partial charge in [-0.1, -0.05) is 17.3 Å². The van der Waals surface area contributed by atoms with Crippen LogP contribution in [0.1, 0.15) is 24.3 Å². The summed E-state index contributed by atoms with van der Waals surface area (Å²) in [5, 5.41) is 14.8. The molecule has 0 unspecified atom stereocenters. The summed E-state index contributed by atoms with van der Waals surface area (Å²) in [6, 6.07) is 11.6. The summed E-state index contributed by atoms with van der Waals surface area (Å²) in [7, 11) is 3.12. The van der Waals surface area contributed by atoms with Gasteiger partial charge in [-0.15, -0.1) is 0 Å². The van der Waals surface area contributed by atoms with Crippen LogP contribution in [0.2, 0.25) is 0 Å². The third-order valence-electron chi connectivity index (χ3n) is 4.06. The molecule has 0 radical (unpaired) electrons. The van der Waals surface area contributed by atoms with Crippen molar-refractivity contribution in [2.75, 3.05) is 14.2 Å². The second-order valence-electron chi connectivity index (χ2n) is 5.60. The average Bonchev–Trinajstić information content (AvgIpc) is 3.17. The number of benzene rings is 2. The lowest BCUT2D eigenvalue weighted by atomic mass is 10.0. The van der Waals surface area contributed by atoms with Gasteiger partial charge in [0.05, 0.1) is 25.1 Å². The highest BCUT2D eigenvalue weighted by atomic mass is 16.6. The summed E-state index contributed by atoms with van der Waals surface area (Å²) in [5.74, 6) is 1.83. The fourth-order valence-electron chi connectivity index (χ4n) is 2.53. The molecule has 0 N–H and O–H groups in total. The molecule has 0 bridgehead atoms. The van der Waals surface area contributed by atoms with E-state index >= 15 is 0 Å². The number of hydrogen-bond donors (Lipinski definition) is 0. The standard InChI is InChI=1S/C18H17N3O5/c1-11(12-4-7-14(8-5-12)21(22)23)18-19-17(20-26-18)13-6-9-15(24-2)16(10-13)25-3/h4-11H,1-3H3/t11-/m1/s1. The summed E-state index contributed by atoms with van der Waals surface area (Å²) in [5.41, 5.74) is 1.61. The lowest BCUT2D eigenvalue weighted by Crippen LogP contribution is -1.97. The molecule has 3 rings (SSSR count). The highest BCUT2D eigenvalue weighted by Crippen LogP contribution is 2.32. The van der Waals surface area contributed by atoms with E-state index in [0.29, 0.717) is 23.2 Å². The van der Waals surface area contributed by atoms with Gasteiger partial charge in [-0.25, -0.2) is 0 Å². The molecule has 26 heavy (non-hydrogen) atoms. The van der Waals surface area contributed by atoms with Crippen LogP contribution < -0.4 is 9.47 Å². The van der Waals surface area contributed by atoms with Gasteiger partial charge < -0.3 is 14.0 Å². The molecule has 0 spiro atoms. The summed E-state index contributed by atoms with van der Waals surface area (Å²) >= 11 is 0. The van der Waals surface area contributed by atoms with Crippen molar-refractivity contribution in [3.05, 3.63) is 64.0 Å². The third kappa shape index (κ3) is 3.34. The number of non-ortho nitro benzene ring substituents is 1. The van der Waals surface area contributed by atoms with Crippen molar-refractivity contribution in [3.8, 4) is 22.9 Å². The van der Waals surface area contributed by atoms with E-state index in [4.69, 9.17) is 14.0 Å². The molecule has 1 atom stereocenters. The second-order valence-corrected chi connectivity index (χ2v) is 5.60. The topological polar surface area (TPSA) is 101 Å². The van der Waals surface area contributed by atoms with Gasteiger partial charge in [-0.3, -0.25) is 10.1 Å². The minimum Gasteiger partial charge on any atom is -0.493 e. The van der Waals surface area contributed by atoms with Crippen molar-refractivity contribution in [2.45, 2.75) is 12.8 Å². The zero-order valence-electron chi connectivity index (χ0n) is 14.5. The van der Waals surface area contributed by atoms with Crippen LogP contribution in [0.25, 0.3) is 11.4 Å². The largest absolute Gasteiger partial charge is 0.493 e. The van der Waals surface area contributed by atoms with Gasteiger partial charge in [-0.05, 0) is 30.7 Å². The Morgan fingerprint density at radius 1 is 1.08 bits per heavy atom. The number of ether oxygens (including phenoxy) is 2. The molecule has 2 aromatic carbocycles. The summed E-state index contributed by atoms with van der Waals surface area (Å²) < 4.78 is 15.9. The number of aromatic nitrogens is 2. The van der Waals surface area contributed by atoms with E-state index in [-0.39, 0.29) is 11.6 Å². The Bertz CT molecular complexity index is 921. The second kappa shape index (κ2) is 7.22. The molecular weight excluding hydrogens is 338 g/mol. The smallest absolute Gasteiger partial charge is 0.269 e. The van der Waals surface area contributed by atoms with E-state index in [2.05, 4.69) is 10.1 Å². The first-order chi connectivity index (χ1) is 12.5. The maximum Gasteiger partial charge on any atom is 0.269 e. The van der Waals surface area contributed by atoms with Crippen molar-refractivity contribution >= 4 is 5.69 Å². The van der Waals surface area contributed by atoms with Crippen LogP contribution in [0.15, 0.2) is 47.0 Å². The Labute approximate surface area is 149 Å². The molecule has 0 aliphatic carbocycles. The first-order valence-electron chi connectivity index (χ1n) is 7.84. The van der Waals surface area contributed by atoms with Crippen LogP contribution in [-0.2, 0) is 0 Å². The first-order valence-corrected chi connectivity index (χ1v) is 7.84. The fraction of sp³-hybridized carbons (Fsp3) is 0.222. The van der Waals surface area contributed by atoms with Crippen molar-refractivity contribution in [1.82, 2.24) is 10.1 Å². The highest BCUT2D eigenvalue weighted by molar-refractivity contribution is 5.60. The van der Waals surface area contributed by atoms with E-state index < -0.39 is 4.92 Å². The molecule has 0 amide bonds. The predicted octanol–water partition coefficient (Wildman–Crippen LogP) is 3.81. The lowest BCUT2D eigenvalue weighted by Gasteiger charge is -2.07. The quantitative estimate of drug-likeness (QED) is 0.489. The molecule has 0 aliphatic rings. The predicted molar refractivity (Wildman–Crippen MR) is 93.5 cm³/mol. The van der Waals surface area contributed by atoms with Gasteiger partial charge in [0.1, 0.15) is 0 Å². The van der Waals surface area contributed by atoms with E-state index in [1.165, 1.54) is 12.1 Å². The molecule has 0 saturated heterocycles. The summed E-state index contributed by atoms with van der Waals surface area (Å²) in [4.78, 5) is 14.8. The Morgan fingerprint density at radius 2 is 1.77 bits per heavy atom. The molecule has 3 aromatic rings. The lowest BCUT2D eigenvalue weighted by molar-refractivity contribution is -0.384. The molecule has 0 saturated carbocycles. The monoisotopic (exact) mass is 355 g/mol. The van der Waals surface area contributed by atoms with Crippen LogP contribution in [0.3, 0.4) is 0 Å². The minimum atomic E-state index is -0.434. The molecular formula is C18H17N3O5. The number of methoxy groups -OCH3 is 2. The van der Waals surface area contributed by atoms with E-state index in [0.717, 1.165) is 11.1 Å². The molecule has 0 aliphatic heterocycles. The van der Waals surface area contributed by atoms with E-state index in [9.17, 15) is 10.1 Å². The number of nitro groups is 1. The Hall–Kier alpha value is -3.42. The van der Waals surface area contributed by atoms with Gasteiger partial charge in [-0.2, -0.15) is 4.98 Å². The van der Waals surface area contributed by atoms with Crippen LogP contribution >= 0.6 is 0 Å². The maximum atomic E-state index is 10.8. The van der Waals surface area contributed by atoms with Crippen LogP contribution in [0.5, 0.6) is 11.5 Å². The van der Waals surface area contributed by atoms with Gasteiger partial charge in [0.15, 0.2) is 11.5 Å². The van der Waals surface area contributed by atoms with Crippen molar-refractivity contribution < 1.29 is 18.9 Å². The van der Waals surface area contributed by atoms with Gasteiger partial charge in [0, 0.05) is 17.7 Å². The van der Waals surface area contributed by atoms with E-state index in [1.54, 1.807) is 38.5 Å². The molecule has 0 fully saturated rings. The minimum absolute atomic E-state index is 0.0393. The number of nitro benzene ring substituents is 1. The van der Waals surface area contributed by atoms with Crippen molar-refractivity contribution in [3.63, 3.8) is 0 Å². The zero-order valence-corrected chi connectivity index (χ0v) is 14.5. The van der Waals surface area contributed by atoms with Gasteiger partial charge in [0.25, 0.3) is 5.69 Å². The average molecular weight is 355 g/mol. The summed E-state index contributed by atoms with van der Waals surface area (Å²) in [6.07, 6.45) is 0. The van der Waals surface area contributed by atoms with Gasteiger partial charge >= 0.3 is 0 Å². The van der Waals surface area contributed by atoms with E-state index in [1.807, 2.05) is 13.0 Å². The number of hydrogen-bond acceptors (Lipinski definition) is 7. The van der Waals surface area contributed by atoms with Crippen LogP contribution in [-0.4, -0.2) is 29.3 Å². The SMILES string of the molecule is COc1ccc(-c2noc([C@H](C)c3ccc([N+](=O)[O-])cc3)n2)cc1OC. The molecule has 1 heterocycles. The Morgan fingerprint density at radius 3 is 2.38 bits per heavy atom. The number of rotatable bonds is 6. The van der Waals surface area contributed by atoms with Crippen LogP contribution in [0.4, 0.5) is 5.69 Å². The zero-order chi connectivity index (χ0) is 18.7. The Balaban J connectivity index is 1.86. The molecule has 134 valence electrons. The van der Waals surface area contributed by atoms with Crippen LogP contribution in [0, 0.1) is 10.1 Å².